The fourth-order valence-electron chi connectivity index (χ4n) is 3.07. The molecule has 0 aromatic rings. The summed E-state index contributed by atoms with van der Waals surface area (Å²) in [6.45, 7) is 22.2. The van der Waals surface area contributed by atoms with Crippen LogP contribution in [0.3, 0.4) is 0 Å². The predicted octanol–water partition coefficient (Wildman–Crippen LogP) is 3.54. The molecule has 3 atom stereocenters. The van der Waals surface area contributed by atoms with Gasteiger partial charge >= 0.3 is 0 Å². The van der Waals surface area contributed by atoms with Crippen molar-refractivity contribution in [2.24, 2.45) is 11.3 Å². The predicted molar refractivity (Wildman–Crippen MR) is 91.8 cm³/mol. The molecule has 0 spiro atoms. The Hall–Kier alpha value is -0.120. The van der Waals surface area contributed by atoms with Crippen molar-refractivity contribution in [2.45, 2.75) is 79.5 Å². The summed E-state index contributed by atoms with van der Waals surface area (Å²) >= 11 is 0. The van der Waals surface area contributed by atoms with E-state index in [0.717, 1.165) is 32.2 Å². The van der Waals surface area contributed by atoms with Crippen LogP contribution < -0.4 is 5.32 Å². The summed E-state index contributed by atoms with van der Waals surface area (Å²) in [5.74, 6) is 0.733. The molecule has 1 heterocycles. The lowest BCUT2D eigenvalue weighted by Crippen LogP contribution is -2.62. The summed E-state index contributed by atoms with van der Waals surface area (Å²) < 4.78 is 5.95. The van der Waals surface area contributed by atoms with Gasteiger partial charge in [-0.15, -0.1) is 0 Å². The molecule has 1 fully saturated rings. The average Bonchev–Trinajstić information content (AvgIpc) is 2.34. The number of hydrogen-bond donors (Lipinski definition) is 1. The zero-order valence-electron chi connectivity index (χ0n) is 15.6. The Kier molecular flexibility index (Phi) is 6.70. The van der Waals surface area contributed by atoms with Crippen LogP contribution in [0.4, 0.5) is 0 Å². The van der Waals surface area contributed by atoms with Crippen LogP contribution in [0.2, 0.25) is 0 Å². The lowest BCUT2D eigenvalue weighted by molar-refractivity contribution is -0.0348. The maximum Gasteiger partial charge on any atom is 0.0600 e. The van der Waals surface area contributed by atoms with Gasteiger partial charge in [0.25, 0.3) is 0 Å². The van der Waals surface area contributed by atoms with Crippen molar-refractivity contribution in [1.29, 1.82) is 0 Å². The molecular weight excluding hydrogens is 260 g/mol. The monoisotopic (exact) mass is 298 g/mol. The van der Waals surface area contributed by atoms with Gasteiger partial charge in [-0.3, -0.25) is 4.90 Å². The lowest BCUT2D eigenvalue weighted by atomic mass is 9.82. The van der Waals surface area contributed by atoms with E-state index < -0.39 is 0 Å². The van der Waals surface area contributed by atoms with Gasteiger partial charge in [-0.2, -0.15) is 0 Å². The Labute approximate surface area is 132 Å². The van der Waals surface area contributed by atoms with Crippen LogP contribution in [-0.2, 0) is 4.74 Å². The van der Waals surface area contributed by atoms with Crippen LogP contribution in [0.5, 0.6) is 0 Å². The highest BCUT2D eigenvalue weighted by molar-refractivity contribution is 4.93. The van der Waals surface area contributed by atoms with Crippen molar-refractivity contribution in [3.8, 4) is 0 Å². The van der Waals surface area contributed by atoms with Crippen molar-refractivity contribution in [3.05, 3.63) is 0 Å². The van der Waals surface area contributed by atoms with E-state index in [1.165, 1.54) is 6.42 Å². The molecule has 0 aromatic heterocycles. The Morgan fingerprint density at radius 2 is 1.81 bits per heavy atom. The molecule has 0 bridgehead atoms. The standard InChI is InChI=1S/C18H38N2O/c1-9-14(2)15-13-20(10-11-21-18(6,7)8)16(12-19-15)17(3,4)5/h14-16,19H,9-13H2,1-8H3. The first kappa shape index (κ1) is 18.9. The van der Waals surface area contributed by atoms with Crippen molar-refractivity contribution in [1.82, 2.24) is 10.2 Å². The van der Waals surface area contributed by atoms with Gasteiger partial charge in [-0.25, -0.2) is 0 Å². The van der Waals surface area contributed by atoms with Crippen molar-refractivity contribution >= 4 is 0 Å². The van der Waals surface area contributed by atoms with E-state index in [-0.39, 0.29) is 5.60 Å². The maximum atomic E-state index is 5.95. The number of hydrogen-bond acceptors (Lipinski definition) is 3. The van der Waals surface area contributed by atoms with Gasteiger partial charge in [0, 0.05) is 31.7 Å². The first-order valence-corrected chi connectivity index (χ1v) is 8.66. The average molecular weight is 299 g/mol. The molecule has 21 heavy (non-hydrogen) atoms. The summed E-state index contributed by atoms with van der Waals surface area (Å²) in [6.07, 6.45) is 1.24. The van der Waals surface area contributed by atoms with E-state index >= 15 is 0 Å². The normalized spacial score (nSPS) is 26.9. The number of rotatable bonds is 5. The SMILES string of the molecule is CCC(C)C1CN(CCOC(C)(C)C)C(C(C)(C)C)CN1. The molecule has 0 amide bonds. The van der Waals surface area contributed by atoms with Gasteiger partial charge in [0.15, 0.2) is 0 Å². The second kappa shape index (κ2) is 7.43. The molecule has 3 heteroatoms. The number of nitrogens with zero attached hydrogens (tertiary/aromatic N) is 1. The molecule has 0 saturated carbocycles. The van der Waals surface area contributed by atoms with Crippen LogP contribution in [0.25, 0.3) is 0 Å². The van der Waals surface area contributed by atoms with Crippen molar-refractivity contribution in [2.75, 3.05) is 26.2 Å². The molecule has 0 aliphatic carbocycles. The van der Waals surface area contributed by atoms with Gasteiger partial charge < -0.3 is 10.1 Å². The molecule has 3 nitrogen and oxygen atoms in total. The molecule has 3 unspecified atom stereocenters. The fourth-order valence-corrected chi connectivity index (χ4v) is 3.07. The number of nitrogens with one attached hydrogen (secondary N) is 1. The highest BCUT2D eigenvalue weighted by Crippen LogP contribution is 2.28. The molecule has 1 aliphatic heterocycles. The zero-order chi connectivity index (χ0) is 16.3. The summed E-state index contributed by atoms with van der Waals surface area (Å²) in [7, 11) is 0. The molecule has 0 radical (unpaired) electrons. The topological polar surface area (TPSA) is 24.5 Å². The summed E-state index contributed by atoms with van der Waals surface area (Å²) in [4.78, 5) is 2.65. The van der Waals surface area contributed by atoms with Gasteiger partial charge in [0.2, 0.25) is 0 Å². The number of ether oxygens (including phenoxy) is 1. The summed E-state index contributed by atoms with van der Waals surface area (Å²) in [5, 5.41) is 3.78. The molecule has 1 aliphatic rings. The Balaban J connectivity index is 2.65. The minimum absolute atomic E-state index is 0.0403. The van der Waals surface area contributed by atoms with Gasteiger partial charge in [0.1, 0.15) is 0 Å². The van der Waals surface area contributed by atoms with E-state index in [1.807, 2.05) is 0 Å². The van der Waals surface area contributed by atoms with E-state index in [4.69, 9.17) is 4.74 Å². The van der Waals surface area contributed by atoms with Crippen LogP contribution in [0.15, 0.2) is 0 Å². The lowest BCUT2D eigenvalue weighted by Gasteiger charge is -2.47. The maximum absolute atomic E-state index is 5.95. The molecule has 1 rings (SSSR count). The summed E-state index contributed by atoms with van der Waals surface area (Å²) in [5.41, 5.74) is 0.260. The third-order valence-corrected chi connectivity index (χ3v) is 4.69. The van der Waals surface area contributed by atoms with E-state index in [2.05, 4.69) is 65.6 Å². The summed E-state index contributed by atoms with van der Waals surface area (Å²) in [6, 6.07) is 1.20. The van der Waals surface area contributed by atoms with Crippen LogP contribution in [0.1, 0.15) is 61.8 Å². The largest absolute Gasteiger partial charge is 0.375 e. The number of piperazine rings is 1. The van der Waals surface area contributed by atoms with E-state index in [0.29, 0.717) is 17.5 Å². The van der Waals surface area contributed by atoms with Crippen LogP contribution in [0, 0.1) is 11.3 Å². The molecule has 1 saturated heterocycles. The first-order valence-electron chi connectivity index (χ1n) is 8.66. The Morgan fingerprint density at radius 3 is 2.29 bits per heavy atom. The minimum Gasteiger partial charge on any atom is -0.375 e. The Morgan fingerprint density at radius 1 is 1.19 bits per heavy atom. The fraction of sp³-hybridized carbons (Fsp3) is 1.00. The first-order chi connectivity index (χ1) is 9.54. The highest BCUT2D eigenvalue weighted by Gasteiger charge is 2.36. The van der Waals surface area contributed by atoms with Crippen LogP contribution >= 0.6 is 0 Å². The van der Waals surface area contributed by atoms with Gasteiger partial charge in [-0.05, 0) is 32.1 Å². The third kappa shape index (κ3) is 6.25. The van der Waals surface area contributed by atoms with Crippen molar-refractivity contribution < 1.29 is 4.74 Å². The molecular formula is C18H38N2O. The van der Waals surface area contributed by atoms with E-state index in [9.17, 15) is 0 Å². The molecule has 0 aromatic carbocycles. The molecule has 126 valence electrons. The zero-order valence-corrected chi connectivity index (χ0v) is 15.6. The minimum atomic E-state index is -0.0403. The quantitative estimate of drug-likeness (QED) is 0.840. The second-order valence-corrected chi connectivity index (χ2v) is 8.74. The molecule has 1 N–H and O–H groups in total. The Bertz CT molecular complexity index is 303. The van der Waals surface area contributed by atoms with Gasteiger partial charge in [-0.1, -0.05) is 41.0 Å². The van der Waals surface area contributed by atoms with Crippen molar-refractivity contribution in [3.63, 3.8) is 0 Å². The third-order valence-electron chi connectivity index (χ3n) is 4.69. The highest BCUT2D eigenvalue weighted by atomic mass is 16.5. The second-order valence-electron chi connectivity index (χ2n) is 8.74. The van der Waals surface area contributed by atoms with Gasteiger partial charge in [0.05, 0.1) is 12.2 Å². The van der Waals surface area contributed by atoms with Crippen LogP contribution in [-0.4, -0.2) is 48.8 Å². The smallest absolute Gasteiger partial charge is 0.0600 e. The van der Waals surface area contributed by atoms with E-state index in [1.54, 1.807) is 0 Å².